The zero-order valence-electron chi connectivity index (χ0n) is 13.8. The Kier molecular flexibility index (Phi) is 4.62. The molecular formula is C17H34N2. The third-order valence-corrected chi connectivity index (χ3v) is 5.65. The number of nitrogens with zero attached hydrogens (tertiary/aromatic N) is 2. The Hall–Kier alpha value is -0.0800. The van der Waals surface area contributed by atoms with E-state index in [1.165, 1.54) is 58.3 Å². The number of likely N-dealkylation sites (N-methyl/N-ethyl adjacent to an activating group) is 1. The fourth-order valence-electron chi connectivity index (χ4n) is 4.06. The third-order valence-electron chi connectivity index (χ3n) is 5.65. The lowest BCUT2D eigenvalue weighted by molar-refractivity contribution is 0.0908. The van der Waals surface area contributed by atoms with Gasteiger partial charge in [-0.25, -0.2) is 0 Å². The second-order valence-corrected chi connectivity index (χ2v) is 8.47. The van der Waals surface area contributed by atoms with Gasteiger partial charge in [0.2, 0.25) is 0 Å². The molecule has 1 saturated heterocycles. The summed E-state index contributed by atoms with van der Waals surface area (Å²) in [4.78, 5) is 5.01. The Morgan fingerprint density at radius 2 is 1.74 bits per heavy atom. The lowest BCUT2D eigenvalue weighted by Gasteiger charge is -2.42. The van der Waals surface area contributed by atoms with E-state index in [1.807, 2.05) is 0 Å². The van der Waals surface area contributed by atoms with E-state index in [0.29, 0.717) is 10.8 Å². The Balaban J connectivity index is 1.81. The van der Waals surface area contributed by atoms with Crippen molar-refractivity contribution in [2.24, 2.45) is 16.7 Å². The van der Waals surface area contributed by atoms with Crippen molar-refractivity contribution in [3.05, 3.63) is 0 Å². The lowest BCUT2D eigenvalue weighted by atomic mass is 9.64. The van der Waals surface area contributed by atoms with Gasteiger partial charge in [0.1, 0.15) is 0 Å². The molecule has 0 amide bonds. The summed E-state index contributed by atoms with van der Waals surface area (Å²) in [5.74, 6) is 0.953. The predicted octanol–water partition coefficient (Wildman–Crippen LogP) is 3.48. The molecule has 2 aliphatic rings. The topological polar surface area (TPSA) is 6.48 Å². The molecule has 1 aliphatic carbocycles. The smallest absolute Gasteiger partial charge is 0.0109 e. The highest BCUT2D eigenvalue weighted by Crippen LogP contribution is 2.49. The number of hydrogen-bond donors (Lipinski definition) is 0. The van der Waals surface area contributed by atoms with Crippen molar-refractivity contribution in [1.29, 1.82) is 0 Å². The summed E-state index contributed by atoms with van der Waals surface area (Å²) < 4.78 is 0. The van der Waals surface area contributed by atoms with E-state index in [9.17, 15) is 0 Å². The molecule has 2 rings (SSSR count). The van der Waals surface area contributed by atoms with Crippen LogP contribution in [0, 0.1) is 16.7 Å². The van der Waals surface area contributed by atoms with E-state index >= 15 is 0 Å². The summed E-state index contributed by atoms with van der Waals surface area (Å²) in [7, 11) is 4.36. The monoisotopic (exact) mass is 266 g/mol. The molecule has 2 heteroatoms. The van der Waals surface area contributed by atoms with Crippen molar-refractivity contribution in [3.63, 3.8) is 0 Å². The highest BCUT2D eigenvalue weighted by molar-refractivity contribution is 4.95. The molecule has 1 spiro atoms. The Labute approximate surface area is 120 Å². The minimum atomic E-state index is 0.519. The van der Waals surface area contributed by atoms with Crippen LogP contribution in [0.5, 0.6) is 0 Å². The lowest BCUT2D eigenvalue weighted by Crippen LogP contribution is -2.36. The van der Waals surface area contributed by atoms with E-state index in [0.717, 1.165) is 5.92 Å². The van der Waals surface area contributed by atoms with E-state index in [1.54, 1.807) is 0 Å². The number of hydrogen-bond acceptors (Lipinski definition) is 2. The van der Waals surface area contributed by atoms with Crippen molar-refractivity contribution >= 4 is 0 Å². The molecule has 1 heterocycles. The molecule has 0 aromatic rings. The van der Waals surface area contributed by atoms with Gasteiger partial charge in [-0.05, 0) is 69.5 Å². The van der Waals surface area contributed by atoms with Gasteiger partial charge in [-0.15, -0.1) is 0 Å². The van der Waals surface area contributed by atoms with Crippen molar-refractivity contribution < 1.29 is 0 Å². The van der Waals surface area contributed by atoms with Crippen LogP contribution in [-0.4, -0.2) is 50.1 Å². The van der Waals surface area contributed by atoms with Crippen molar-refractivity contribution in [2.75, 3.05) is 40.3 Å². The molecule has 0 radical (unpaired) electrons. The average Bonchev–Trinajstić information content (AvgIpc) is 2.69. The minimum Gasteiger partial charge on any atom is -0.308 e. The second kappa shape index (κ2) is 5.73. The Bertz CT molecular complexity index is 282. The first-order chi connectivity index (χ1) is 8.81. The summed E-state index contributed by atoms with van der Waals surface area (Å²) in [6, 6.07) is 0. The molecule has 0 unspecified atom stereocenters. The van der Waals surface area contributed by atoms with Crippen molar-refractivity contribution in [2.45, 2.75) is 52.9 Å². The molecule has 1 saturated carbocycles. The zero-order valence-corrected chi connectivity index (χ0v) is 13.8. The number of rotatable bonds is 3. The van der Waals surface area contributed by atoms with Crippen LogP contribution in [0.1, 0.15) is 52.9 Å². The molecule has 0 bridgehead atoms. The maximum atomic E-state index is 2.71. The van der Waals surface area contributed by atoms with Crippen LogP contribution in [0.15, 0.2) is 0 Å². The van der Waals surface area contributed by atoms with Crippen LogP contribution in [0.3, 0.4) is 0 Å². The first-order valence-corrected chi connectivity index (χ1v) is 8.18. The van der Waals surface area contributed by atoms with Gasteiger partial charge in [-0.3, -0.25) is 0 Å². The Morgan fingerprint density at radius 1 is 1.11 bits per heavy atom. The average molecular weight is 266 g/mol. The summed E-state index contributed by atoms with van der Waals surface area (Å²) >= 11 is 0. The molecular weight excluding hydrogens is 232 g/mol. The molecule has 2 nitrogen and oxygen atoms in total. The zero-order chi connectivity index (χ0) is 14.1. The fourth-order valence-corrected chi connectivity index (χ4v) is 4.06. The van der Waals surface area contributed by atoms with Crippen LogP contribution in [0.25, 0.3) is 0 Å². The number of likely N-dealkylation sites (tertiary alicyclic amines) is 1. The van der Waals surface area contributed by atoms with Gasteiger partial charge >= 0.3 is 0 Å². The molecule has 0 atom stereocenters. The van der Waals surface area contributed by atoms with E-state index < -0.39 is 0 Å². The summed E-state index contributed by atoms with van der Waals surface area (Å²) in [6.07, 6.45) is 7.34. The van der Waals surface area contributed by atoms with Crippen LogP contribution in [-0.2, 0) is 0 Å². The molecule has 2 fully saturated rings. The van der Waals surface area contributed by atoms with Gasteiger partial charge in [0.15, 0.2) is 0 Å². The molecule has 112 valence electrons. The van der Waals surface area contributed by atoms with E-state index in [2.05, 4.69) is 44.7 Å². The maximum Gasteiger partial charge on any atom is 0.0109 e. The standard InChI is InChI=1S/C17H34N2/c1-16(2,3)15-6-8-17(9-7-15)10-11-19(14-17)13-12-18(4)5/h15H,6-14H2,1-5H3. The minimum absolute atomic E-state index is 0.519. The SMILES string of the molecule is CN(C)CCN1CCC2(CCC(C(C)(C)C)CC2)C1. The first kappa shape index (κ1) is 15.3. The van der Waals surface area contributed by atoms with Crippen LogP contribution < -0.4 is 0 Å². The quantitative estimate of drug-likeness (QED) is 0.772. The molecule has 0 N–H and O–H groups in total. The largest absolute Gasteiger partial charge is 0.308 e. The summed E-state index contributed by atoms with van der Waals surface area (Å²) in [5.41, 5.74) is 1.21. The predicted molar refractivity (Wildman–Crippen MR) is 83.5 cm³/mol. The normalized spacial score (nSPS) is 33.5. The van der Waals surface area contributed by atoms with Crippen LogP contribution in [0.2, 0.25) is 0 Å². The van der Waals surface area contributed by atoms with Gasteiger partial charge in [0, 0.05) is 19.6 Å². The second-order valence-electron chi connectivity index (χ2n) is 8.47. The van der Waals surface area contributed by atoms with E-state index in [4.69, 9.17) is 0 Å². The molecule has 0 aromatic heterocycles. The van der Waals surface area contributed by atoms with Gasteiger partial charge in [-0.1, -0.05) is 20.8 Å². The highest BCUT2D eigenvalue weighted by Gasteiger charge is 2.42. The van der Waals surface area contributed by atoms with Gasteiger partial charge < -0.3 is 9.80 Å². The summed E-state index contributed by atoms with van der Waals surface area (Å²) in [5, 5.41) is 0. The van der Waals surface area contributed by atoms with Gasteiger partial charge in [-0.2, -0.15) is 0 Å². The summed E-state index contributed by atoms with van der Waals surface area (Å²) in [6.45, 7) is 12.5. The maximum absolute atomic E-state index is 2.71. The van der Waals surface area contributed by atoms with Crippen LogP contribution in [0.4, 0.5) is 0 Å². The first-order valence-electron chi connectivity index (χ1n) is 8.18. The van der Waals surface area contributed by atoms with E-state index in [-0.39, 0.29) is 0 Å². The van der Waals surface area contributed by atoms with Crippen LogP contribution >= 0.6 is 0 Å². The van der Waals surface area contributed by atoms with Crippen molar-refractivity contribution in [3.8, 4) is 0 Å². The fraction of sp³-hybridized carbons (Fsp3) is 1.00. The van der Waals surface area contributed by atoms with Gasteiger partial charge in [0.05, 0.1) is 0 Å². The molecule has 19 heavy (non-hydrogen) atoms. The third kappa shape index (κ3) is 3.95. The molecule has 1 aliphatic heterocycles. The molecule has 0 aromatic carbocycles. The van der Waals surface area contributed by atoms with Crippen molar-refractivity contribution in [1.82, 2.24) is 9.80 Å². The highest BCUT2D eigenvalue weighted by atomic mass is 15.2. The Morgan fingerprint density at radius 3 is 2.26 bits per heavy atom. The van der Waals surface area contributed by atoms with Gasteiger partial charge in [0.25, 0.3) is 0 Å².